The quantitative estimate of drug-likeness (QED) is 0.168. The van der Waals surface area contributed by atoms with Crippen LogP contribution in [0.4, 0.5) is 0 Å². The molecule has 0 unspecified atom stereocenters. The fourth-order valence-corrected chi connectivity index (χ4v) is 8.46. The normalized spacial score (nSPS) is 13.6. The van der Waals surface area contributed by atoms with E-state index in [1.807, 2.05) is 0 Å². The Bertz CT molecular complexity index is 2740. The summed E-state index contributed by atoms with van der Waals surface area (Å²) in [4.78, 5) is 0. The van der Waals surface area contributed by atoms with Gasteiger partial charge < -0.3 is 13.5 Å². The van der Waals surface area contributed by atoms with Gasteiger partial charge in [-0.3, -0.25) is 0 Å². The number of hydrogen-bond acceptors (Lipinski definition) is 1. The van der Waals surface area contributed by atoms with Crippen LogP contribution >= 0.6 is 0 Å². The van der Waals surface area contributed by atoms with Crippen LogP contribution in [0.15, 0.2) is 120 Å². The predicted molar refractivity (Wildman–Crippen MR) is 205 cm³/mol. The van der Waals surface area contributed by atoms with Gasteiger partial charge >= 0.3 is 6.85 Å². The Morgan fingerprint density at radius 1 is 0.521 bits per heavy atom. The van der Waals surface area contributed by atoms with Gasteiger partial charge in [-0.1, -0.05) is 120 Å². The number of benzene rings is 6. The van der Waals surface area contributed by atoms with Gasteiger partial charge in [0.05, 0.1) is 16.4 Å². The maximum atomic E-state index is 6.67. The van der Waals surface area contributed by atoms with Crippen molar-refractivity contribution < 1.29 is 4.42 Å². The maximum absolute atomic E-state index is 6.67. The second kappa shape index (κ2) is 9.23. The minimum atomic E-state index is -0.0155. The van der Waals surface area contributed by atoms with Crippen molar-refractivity contribution >= 4 is 83.3 Å². The lowest BCUT2D eigenvalue weighted by atomic mass is 9.48. The van der Waals surface area contributed by atoms with Gasteiger partial charge in [-0.2, -0.15) is 0 Å². The molecule has 0 N–H and O–H groups in total. The van der Waals surface area contributed by atoms with E-state index in [0.29, 0.717) is 0 Å². The molecular formula is C44H37BN2O. The van der Waals surface area contributed by atoms with Crippen molar-refractivity contribution in [1.82, 2.24) is 9.05 Å². The number of aromatic nitrogens is 2. The van der Waals surface area contributed by atoms with Crippen LogP contribution in [0.2, 0.25) is 0 Å². The second-order valence-electron chi connectivity index (χ2n) is 15.8. The third-order valence-corrected chi connectivity index (χ3v) is 10.9. The Morgan fingerprint density at radius 2 is 1.12 bits per heavy atom. The number of nitrogens with zero attached hydrogens (tertiary/aromatic N) is 2. The van der Waals surface area contributed by atoms with Crippen molar-refractivity contribution in [2.45, 2.75) is 52.4 Å². The van der Waals surface area contributed by atoms with Crippen molar-refractivity contribution in [3.05, 3.63) is 126 Å². The minimum Gasteiger partial charge on any atom is -0.455 e. The molecule has 9 aromatic rings. The summed E-state index contributed by atoms with van der Waals surface area (Å²) in [5.41, 5.74) is 13.5. The molecule has 6 aromatic carbocycles. The highest BCUT2D eigenvalue weighted by Gasteiger charge is 2.37. The first-order valence-electron chi connectivity index (χ1n) is 17.1. The van der Waals surface area contributed by atoms with Gasteiger partial charge in [0, 0.05) is 43.7 Å². The van der Waals surface area contributed by atoms with Crippen molar-refractivity contribution in [3.63, 3.8) is 0 Å². The monoisotopic (exact) mass is 620 g/mol. The highest BCUT2D eigenvalue weighted by atomic mass is 16.3. The molecule has 0 atom stereocenters. The average molecular weight is 621 g/mol. The van der Waals surface area contributed by atoms with Crippen LogP contribution in [-0.4, -0.2) is 15.9 Å². The molecule has 0 spiro atoms. The summed E-state index contributed by atoms with van der Waals surface area (Å²) in [6.07, 6.45) is 0. The SMILES string of the molecule is CC(C)(C)c1ccc2c3ccc(C(C)(C)C)cc3n(B3c4ccccc4-n4c5ccc6c7ccccc7oc6c5c5cccc3c54)c2c1. The van der Waals surface area contributed by atoms with E-state index in [2.05, 4.69) is 166 Å². The van der Waals surface area contributed by atoms with E-state index in [4.69, 9.17) is 4.42 Å². The van der Waals surface area contributed by atoms with E-state index >= 15 is 0 Å². The zero-order chi connectivity index (χ0) is 32.7. The van der Waals surface area contributed by atoms with Crippen molar-refractivity contribution in [2.24, 2.45) is 0 Å². The minimum absolute atomic E-state index is 0.0155. The summed E-state index contributed by atoms with van der Waals surface area (Å²) in [7, 11) is 0. The number of fused-ring (bicyclic) bond motifs is 12. The maximum Gasteiger partial charge on any atom is 0.332 e. The van der Waals surface area contributed by atoms with E-state index < -0.39 is 0 Å². The Kier molecular flexibility index (Phi) is 5.36. The van der Waals surface area contributed by atoms with E-state index in [1.165, 1.54) is 76.7 Å². The van der Waals surface area contributed by atoms with Crippen molar-refractivity contribution in [3.8, 4) is 5.69 Å². The first-order chi connectivity index (χ1) is 23.1. The van der Waals surface area contributed by atoms with Crippen molar-refractivity contribution in [1.29, 1.82) is 0 Å². The van der Waals surface area contributed by atoms with Crippen molar-refractivity contribution in [2.75, 3.05) is 0 Å². The highest BCUT2D eigenvalue weighted by molar-refractivity contribution is 6.88. The van der Waals surface area contributed by atoms with E-state index in [9.17, 15) is 0 Å². The van der Waals surface area contributed by atoms with E-state index in [-0.39, 0.29) is 17.7 Å². The molecule has 0 saturated carbocycles. The third-order valence-electron chi connectivity index (χ3n) is 10.9. The summed E-state index contributed by atoms with van der Waals surface area (Å²) in [5.74, 6) is 0. The molecule has 232 valence electrons. The fraction of sp³-hybridized carbons (Fsp3) is 0.182. The molecule has 3 nitrogen and oxygen atoms in total. The van der Waals surface area contributed by atoms with Crippen LogP contribution in [-0.2, 0) is 10.8 Å². The molecule has 4 heteroatoms. The van der Waals surface area contributed by atoms with E-state index in [1.54, 1.807) is 0 Å². The van der Waals surface area contributed by atoms with Crippen LogP contribution < -0.4 is 10.9 Å². The molecule has 0 aliphatic carbocycles. The Hall–Kier alpha value is -5.22. The Morgan fingerprint density at radius 3 is 1.83 bits per heavy atom. The second-order valence-corrected chi connectivity index (χ2v) is 15.8. The Labute approximate surface area is 280 Å². The molecule has 1 aliphatic rings. The number of rotatable bonds is 1. The lowest BCUT2D eigenvalue weighted by Crippen LogP contribution is -2.53. The topological polar surface area (TPSA) is 23.0 Å². The summed E-state index contributed by atoms with van der Waals surface area (Å²) in [6, 6.07) is 43.1. The average Bonchev–Trinajstić information content (AvgIpc) is 3.72. The molecule has 0 fully saturated rings. The van der Waals surface area contributed by atoms with Gasteiger partial charge in [0.2, 0.25) is 0 Å². The van der Waals surface area contributed by atoms with Crippen LogP contribution in [0.3, 0.4) is 0 Å². The van der Waals surface area contributed by atoms with Gasteiger partial charge in [0.1, 0.15) is 11.2 Å². The molecule has 1 aliphatic heterocycles. The molecule has 0 bridgehead atoms. The smallest absolute Gasteiger partial charge is 0.332 e. The molecule has 0 saturated heterocycles. The molecule has 3 aromatic heterocycles. The summed E-state index contributed by atoms with van der Waals surface area (Å²) < 4.78 is 11.8. The third kappa shape index (κ3) is 3.61. The number of para-hydroxylation sites is 3. The van der Waals surface area contributed by atoms with Gasteiger partial charge in [-0.15, -0.1) is 0 Å². The van der Waals surface area contributed by atoms with Crippen LogP contribution in [0.5, 0.6) is 0 Å². The van der Waals surface area contributed by atoms with Gasteiger partial charge in [0.25, 0.3) is 0 Å². The number of furan rings is 1. The Balaban J connectivity index is 1.38. The zero-order valence-corrected chi connectivity index (χ0v) is 28.3. The first-order valence-corrected chi connectivity index (χ1v) is 17.1. The largest absolute Gasteiger partial charge is 0.455 e. The summed E-state index contributed by atoms with van der Waals surface area (Å²) >= 11 is 0. The van der Waals surface area contributed by atoms with Gasteiger partial charge in [-0.05, 0) is 69.3 Å². The molecule has 4 heterocycles. The molecule has 0 amide bonds. The fourth-order valence-electron chi connectivity index (χ4n) is 8.46. The molecule has 0 radical (unpaired) electrons. The summed E-state index contributed by atoms with van der Waals surface area (Å²) in [5, 5.41) is 7.35. The summed E-state index contributed by atoms with van der Waals surface area (Å²) in [6.45, 7) is 13.9. The standard InChI is InChI=1S/C44H37BN2O/c1-43(2,3)26-18-20-28-29-21-19-27(44(4,5)6)25-38(29)47(37(28)24-26)45-33-14-8-9-16-35(33)46-36-23-22-31-30-12-7-10-17-39(30)48-42(31)40(36)32-13-11-15-34(45)41(32)46/h7-25H,1-6H3. The first kappa shape index (κ1) is 27.9. The van der Waals surface area contributed by atoms with Gasteiger partial charge in [-0.25, -0.2) is 0 Å². The molecule has 10 rings (SSSR count). The lowest BCUT2D eigenvalue weighted by molar-refractivity contribution is 0.591. The van der Waals surface area contributed by atoms with E-state index in [0.717, 1.165) is 16.6 Å². The predicted octanol–water partition coefficient (Wildman–Crippen LogP) is 10.4. The van der Waals surface area contributed by atoms with Gasteiger partial charge in [0.15, 0.2) is 0 Å². The number of hydrogen-bond donors (Lipinski definition) is 0. The van der Waals surface area contributed by atoms with Crippen LogP contribution in [0.1, 0.15) is 52.7 Å². The molecular weight excluding hydrogens is 583 g/mol. The van der Waals surface area contributed by atoms with Crippen LogP contribution in [0.25, 0.3) is 71.2 Å². The molecule has 48 heavy (non-hydrogen) atoms. The lowest BCUT2D eigenvalue weighted by Gasteiger charge is -2.29. The van der Waals surface area contributed by atoms with Crippen LogP contribution in [0, 0.1) is 0 Å². The highest BCUT2D eigenvalue weighted by Crippen LogP contribution is 2.42. The zero-order valence-electron chi connectivity index (χ0n) is 28.3.